The van der Waals surface area contributed by atoms with Crippen LogP contribution in [0, 0.1) is 5.95 Å². The molecule has 8 heteroatoms. The molecule has 4 rings (SSSR count). The van der Waals surface area contributed by atoms with Crippen molar-refractivity contribution in [1.29, 1.82) is 0 Å². The number of anilines is 1. The van der Waals surface area contributed by atoms with Crippen molar-refractivity contribution in [3.8, 4) is 16.9 Å². The molecule has 7 nitrogen and oxygen atoms in total. The maximum absolute atomic E-state index is 13.0. The number of fused-ring (bicyclic) bond motifs is 3. The highest BCUT2D eigenvalue weighted by molar-refractivity contribution is 5.94. The average Bonchev–Trinajstić information content (AvgIpc) is 2.96. The van der Waals surface area contributed by atoms with Crippen molar-refractivity contribution in [2.75, 3.05) is 18.1 Å². The van der Waals surface area contributed by atoms with E-state index in [9.17, 15) is 14.0 Å². The van der Waals surface area contributed by atoms with Crippen molar-refractivity contribution >= 4 is 17.7 Å². The van der Waals surface area contributed by atoms with Gasteiger partial charge in [0.25, 0.3) is 0 Å². The van der Waals surface area contributed by atoms with E-state index in [0.717, 1.165) is 11.1 Å². The maximum Gasteiger partial charge on any atom is 0.415 e. The molecular formula is C18H16FN3O4. The number of halogens is 1. The molecule has 134 valence electrons. The average molecular weight is 357 g/mol. The lowest BCUT2D eigenvalue weighted by Gasteiger charge is -2.31. The molecule has 2 unspecified atom stereocenters. The zero-order valence-electron chi connectivity index (χ0n) is 13.9. The summed E-state index contributed by atoms with van der Waals surface area (Å²) in [5, 5.41) is 2.66. The van der Waals surface area contributed by atoms with Crippen LogP contribution in [0.25, 0.3) is 11.1 Å². The molecule has 0 aliphatic carbocycles. The van der Waals surface area contributed by atoms with E-state index in [1.54, 1.807) is 23.1 Å². The fourth-order valence-corrected chi connectivity index (χ4v) is 3.18. The Hall–Kier alpha value is -3.16. The second kappa shape index (κ2) is 6.29. The highest BCUT2D eigenvalue weighted by Crippen LogP contribution is 2.40. The number of benzene rings is 1. The Morgan fingerprint density at radius 2 is 2.15 bits per heavy atom. The van der Waals surface area contributed by atoms with E-state index in [0.29, 0.717) is 11.4 Å². The minimum atomic E-state index is -0.546. The van der Waals surface area contributed by atoms with Crippen molar-refractivity contribution in [2.45, 2.75) is 19.1 Å². The molecular weight excluding hydrogens is 341 g/mol. The Balaban J connectivity index is 1.61. The summed E-state index contributed by atoms with van der Waals surface area (Å²) in [6, 6.07) is 7.98. The smallest absolute Gasteiger partial charge is 0.415 e. The summed E-state index contributed by atoms with van der Waals surface area (Å²) >= 11 is 0. The third-order valence-corrected chi connectivity index (χ3v) is 4.45. The van der Waals surface area contributed by atoms with E-state index in [-0.39, 0.29) is 25.1 Å². The van der Waals surface area contributed by atoms with Crippen LogP contribution in [0.5, 0.6) is 5.75 Å². The summed E-state index contributed by atoms with van der Waals surface area (Å²) in [6.45, 7) is 1.90. The number of aromatic nitrogens is 1. The number of hydrogen-bond acceptors (Lipinski definition) is 5. The minimum Gasteiger partial charge on any atom is -0.489 e. The summed E-state index contributed by atoms with van der Waals surface area (Å²) in [5.74, 6) is -0.190. The third-order valence-electron chi connectivity index (χ3n) is 4.45. The van der Waals surface area contributed by atoms with Crippen LogP contribution in [0.1, 0.15) is 6.92 Å². The van der Waals surface area contributed by atoms with Crippen LogP contribution in [0.3, 0.4) is 0 Å². The van der Waals surface area contributed by atoms with Crippen LogP contribution >= 0.6 is 0 Å². The number of ether oxygens (including phenoxy) is 2. The monoisotopic (exact) mass is 357 g/mol. The van der Waals surface area contributed by atoms with Gasteiger partial charge in [0.2, 0.25) is 11.9 Å². The van der Waals surface area contributed by atoms with Gasteiger partial charge in [-0.3, -0.25) is 9.69 Å². The molecule has 0 spiro atoms. The molecule has 1 aromatic heterocycles. The summed E-state index contributed by atoms with van der Waals surface area (Å²) in [7, 11) is 0. The van der Waals surface area contributed by atoms with Gasteiger partial charge < -0.3 is 14.8 Å². The molecule has 2 atom stereocenters. The number of rotatable bonds is 3. The highest BCUT2D eigenvalue weighted by Gasteiger charge is 2.46. The van der Waals surface area contributed by atoms with Gasteiger partial charge in [-0.15, -0.1) is 0 Å². The first-order chi connectivity index (χ1) is 12.5. The SMILES string of the molecule is CC(=O)NCC1OC(=O)N2c3ccc(-c4ccc(F)nc4)cc3OCC12. The van der Waals surface area contributed by atoms with Gasteiger partial charge in [0.1, 0.15) is 24.5 Å². The standard InChI is InChI=1S/C18H16FN3O4/c1-10(23)20-8-16-14-9-25-15-6-11(12-3-5-17(19)21-7-12)2-4-13(15)22(14)18(24)26-16/h2-7,14,16H,8-9H2,1H3,(H,20,23). The molecule has 0 radical (unpaired) electrons. The first-order valence-corrected chi connectivity index (χ1v) is 8.16. The molecule has 1 fully saturated rings. The number of pyridine rings is 1. The van der Waals surface area contributed by atoms with Crippen molar-refractivity contribution in [3.05, 3.63) is 42.5 Å². The van der Waals surface area contributed by atoms with E-state index in [1.807, 2.05) is 6.07 Å². The Bertz CT molecular complexity index is 871. The van der Waals surface area contributed by atoms with Crippen molar-refractivity contribution in [2.24, 2.45) is 0 Å². The lowest BCUT2D eigenvalue weighted by atomic mass is 10.0. The van der Waals surface area contributed by atoms with Crippen LogP contribution < -0.4 is 15.0 Å². The third kappa shape index (κ3) is 2.83. The highest BCUT2D eigenvalue weighted by atomic mass is 19.1. The number of carbonyl (C=O) groups excluding carboxylic acids is 2. The topological polar surface area (TPSA) is 80.8 Å². The van der Waals surface area contributed by atoms with E-state index >= 15 is 0 Å². The molecule has 0 bridgehead atoms. The predicted molar refractivity (Wildman–Crippen MR) is 90.3 cm³/mol. The van der Waals surface area contributed by atoms with Crippen molar-refractivity contribution in [3.63, 3.8) is 0 Å². The second-order valence-corrected chi connectivity index (χ2v) is 6.16. The molecule has 0 saturated carbocycles. The summed E-state index contributed by atoms with van der Waals surface area (Å²) in [4.78, 5) is 28.6. The van der Waals surface area contributed by atoms with E-state index in [4.69, 9.17) is 9.47 Å². The fraction of sp³-hybridized carbons (Fsp3) is 0.278. The Kier molecular flexibility index (Phi) is 3.95. The Morgan fingerprint density at radius 3 is 2.88 bits per heavy atom. The maximum atomic E-state index is 13.0. The fourth-order valence-electron chi connectivity index (χ4n) is 3.18. The molecule has 1 saturated heterocycles. The number of cyclic esters (lactones) is 1. The van der Waals surface area contributed by atoms with Crippen LogP contribution in [0.4, 0.5) is 14.9 Å². The van der Waals surface area contributed by atoms with E-state index in [1.165, 1.54) is 19.2 Å². The Labute approximate surface area is 148 Å². The molecule has 2 aromatic rings. The quantitative estimate of drug-likeness (QED) is 0.851. The van der Waals surface area contributed by atoms with Gasteiger partial charge in [0, 0.05) is 18.7 Å². The van der Waals surface area contributed by atoms with Crippen LogP contribution in [0.15, 0.2) is 36.5 Å². The van der Waals surface area contributed by atoms with Gasteiger partial charge in [-0.1, -0.05) is 6.07 Å². The molecule has 1 aromatic carbocycles. The van der Waals surface area contributed by atoms with E-state index in [2.05, 4.69) is 10.3 Å². The zero-order chi connectivity index (χ0) is 18.3. The van der Waals surface area contributed by atoms with Gasteiger partial charge in [0.05, 0.1) is 12.2 Å². The van der Waals surface area contributed by atoms with Crippen LogP contribution in [-0.2, 0) is 9.53 Å². The zero-order valence-corrected chi connectivity index (χ0v) is 13.9. The number of carbonyl (C=O) groups is 2. The number of nitrogens with zero attached hydrogens (tertiary/aromatic N) is 2. The van der Waals surface area contributed by atoms with Crippen LogP contribution in [-0.4, -0.2) is 42.3 Å². The summed E-state index contributed by atoms with van der Waals surface area (Å²) in [6.07, 6.45) is 0.502. The lowest BCUT2D eigenvalue weighted by Crippen LogP contribution is -2.47. The summed E-state index contributed by atoms with van der Waals surface area (Å²) in [5.41, 5.74) is 2.15. The van der Waals surface area contributed by atoms with Crippen molar-refractivity contribution in [1.82, 2.24) is 10.3 Å². The molecule has 2 aliphatic rings. The summed E-state index contributed by atoms with van der Waals surface area (Å²) < 4.78 is 24.2. The van der Waals surface area contributed by atoms with E-state index < -0.39 is 18.1 Å². The van der Waals surface area contributed by atoms with Gasteiger partial charge in [0.15, 0.2) is 0 Å². The number of nitrogens with one attached hydrogen (secondary N) is 1. The Morgan fingerprint density at radius 1 is 1.35 bits per heavy atom. The number of hydrogen-bond donors (Lipinski definition) is 1. The first kappa shape index (κ1) is 16.3. The predicted octanol–water partition coefficient (Wildman–Crippen LogP) is 2.11. The van der Waals surface area contributed by atoms with Gasteiger partial charge in [-0.25, -0.2) is 9.78 Å². The minimum absolute atomic E-state index is 0.186. The molecule has 1 N–H and O–H groups in total. The largest absolute Gasteiger partial charge is 0.489 e. The van der Waals surface area contributed by atoms with Crippen molar-refractivity contribution < 1.29 is 23.5 Å². The lowest BCUT2D eigenvalue weighted by molar-refractivity contribution is -0.119. The second-order valence-electron chi connectivity index (χ2n) is 6.16. The normalized spacial score (nSPS) is 20.7. The molecule has 2 aliphatic heterocycles. The van der Waals surface area contributed by atoms with Crippen LogP contribution in [0.2, 0.25) is 0 Å². The first-order valence-electron chi connectivity index (χ1n) is 8.16. The number of amides is 2. The molecule has 3 heterocycles. The molecule has 26 heavy (non-hydrogen) atoms. The molecule has 2 amide bonds. The van der Waals surface area contributed by atoms with Gasteiger partial charge in [-0.05, 0) is 29.8 Å². The van der Waals surface area contributed by atoms with Gasteiger partial charge >= 0.3 is 6.09 Å². The van der Waals surface area contributed by atoms with Gasteiger partial charge in [-0.2, -0.15) is 4.39 Å².